The highest BCUT2D eigenvalue weighted by Gasteiger charge is 2.10. The van der Waals surface area contributed by atoms with Gasteiger partial charge in [-0.05, 0) is 42.5 Å². The van der Waals surface area contributed by atoms with E-state index >= 15 is 0 Å². The minimum atomic E-state index is -3.71. The zero-order chi connectivity index (χ0) is 19.0. The van der Waals surface area contributed by atoms with Crippen molar-refractivity contribution in [1.82, 2.24) is 4.72 Å². The number of rotatable bonds is 8. The van der Waals surface area contributed by atoms with Crippen molar-refractivity contribution < 1.29 is 17.9 Å². The van der Waals surface area contributed by atoms with Gasteiger partial charge in [-0.1, -0.05) is 42.0 Å². The Morgan fingerprint density at radius 3 is 2.38 bits per heavy atom. The lowest BCUT2D eigenvalue weighted by Crippen LogP contribution is -2.29. The Morgan fingerprint density at radius 1 is 1.12 bits per heavy atom. The van der Waals surface area contributed by atoms with Crippen LogP contribution in [0.4, 0.5) is 0 Å². The van der Waals surface area contributed by atoms with Gasteiger partial charge >= 0.3 is 5.97 Å². The van der Waals surface area contributed by atoms with Crippen LogP contribution >= 0.6 is 11.8 Å². The number of hydrogen-bond donors (Lipinski definition) is 1. The second-order valence-electron chi connectivity index (χ2n) is 5.59. The Kier molecular flexibility index (Phi) is 7.44. The highest BCUT2D eigenvalue weighted by molar-refractivity contribution is 7.98. The predicted octanol–water partition coefficient (Wildman–Crippen LogP) is 3.35. The van der Waals surface area contributed by atoms with Gasteiger partial charge in [0.25, 0.3) is 0 Å². The molecule has 2 rings (SSSR count). The molecule has 0 saturated carbocycles. The Balaban J connectivity index is 1.80. The highest BCUT2D eigenvalue weighted by atomic mass is 32.2. The summed E-state index contributed by atoms with van der Waals surface area (Å²) in [4.78, 5) is 12.8. The molecule has 0 atom stereocenters. The number of carbonyl (C=O) groups is 1. The highest BCUT2D eigenvalue weighted by Crippen LogP contribution is 2.15. The monoisotopic (exact) mass is 391 g/mol. The van der Waals surface area contributed by atoms with Gasteiger partial charge in [0.2, 0.25) is 10.0 Å². The standard InChI is InChI=1S/C19H21NO4S2/c1-15-3-5-16(6-4-15)11-12-26(22,23)20-13-19(21)24-14-17-7-9-18(25-2)10-8-17/h3-12,20H,13-14H2,1-2H3/b12-11+. The number of carbonyl (C=O) groups excluding carboxylic acids is 1. The largest absolute Gasteiger partial charge is 0.460 e. The summed E-state index contributed by atoms with van der Waals surface area (Å²) >= 11 is 1.63. The quantitative estimate of drug-likeness (QED) is 0.552. The molecular formula is C19H21NO4S2. The molecule has 1 N–H and O–H groups in total. The summed E-state index contributed by atoms with van der Waals surface area (Å²) in [5, 5.41) is 1.03. The number of aryl methyl sites for hydroxylation is 1. The van der Waals surface area contributed by atoms with Crippen molar-refractivity contribution in [1.29, 1.82) is 0 Å². The van der Waals surface area contributed by atoms with Crippen molar-refractivity contribution >= 4 is 33.8 Å². The van der Waals surface area contributed by atoms with Gasteiger partial charge in [0.15, 0.2) is 0 Å². The van der Waals surface area contributed by atoms with E-state index in [-0.39, 0.29) is 6.61 Å². The molecule has 5 nitrogen and oxygen atoms in total. The molecule has 138 valence electrons. The smallest absolute Gasteiger partial charge is 0.321 e. The van der Waals surface area contributed by atoms with Gasteiger partial charge in [-0.3, -0.25) is 4.79 Å². The molecule has 0 unspecified atom stereocenters. The third-order valence-electron chi connectivity index (χ3n) is 3.49. The second-order valence-corrected chi connectivity index (χ2v) is 8.12. The Morgan fingerprint density at radius 2 is 1.77 bits per heavy atom. The molecule has 2 aromatic rings. The molecule has 0 aliphatic rings. The topological polar surface area (TPSA) is 72.5 Å². The molecule has 0 radical (unpaired) electrons. The van der Waals surface area contributed by atoms with Crippen LogP contribution in [0.15, 0.2) is 58.8 Å². The maximum atomic E-state index is 11.9. The molecule has 0 aliphatic carbocycles. The van der Waals surface area contributed by atoms with Crippen molar-refractivity contribution in [2.24, 2.45) is 0 Å². The number of thioether (sulfide) groups is 1. The SMILES string of the molecule is CSc1ccc(COC(=O)CNS(=O)(=O)/C=C/c2ccc(C)cc2)cc1. The third-order valence-corrected chi connectivity index (χ3v) is 5.28. The van der Waals surface area contributed by atoms with Crippen LogP contribution in [0, 0.1) is 6.92 Å². The first-order valence-electron chi connectivity index (χ1n) is 7.91. The minimum Gasteiger partial charge on any atom is -0.460 e. The molecule has 0 aromatic heterocycles. The second kappa shape index (κ2) is 9.56. The summed E-state index contributed by atoms with van der Waals surface area (Å²) in [5.41, 5.74) is 2.70. The fourth-order valence-corrected chi connectivity index (χ4v) is 3.15. The number of sulfonamides is 1. The van der Waals surface area contributed by atoms with E-state index in [1.807, 2.05) is 61.7 Å². The molecule has 0 aliphatic heterocycles. The lowest BCUT2D eigenvalue weighted by atomic mass is 10.2. The average Bonchev–Trinajstić information content (AvgIpc) is 2.65. The van der Waals surface area contributed by atoms with Crippen molar-refractivity contribution in [3.05, 3.63) is 70.6 Å². The average molecular weight is 392 g/mol. The maximum Gasteiger partial charge on any atom is 0.321 e. The summed E-state index contributed by atoms with van der Waals surface area (Å²) < 4.78 is 31.1. The molecule has 7 heteroatoms. The summed E-state index contributed by atoms with van der Waals surface area (Å²) in [6, 6.07) is 15.0. The Labute approximate surface area is 158 Å². The van der Waals surface area contributed by atoms with Crippen LogP contribution in [0.2, 0.25) is 0 Å². The van der Waals surface area contributed by atoms with Gasteiger partial charge in [-0.25, -0.2) is 13.1 Å². The van der Waals surface area contributed by atoms with Crippen molar-refractivity contribution in [2.75, 3.05) is 12.8 Å². The summed E-state index contributed by atoms with van der Waals surface area (Å²) in [7, 11) is -3.71. The normalized spacial score (nSPS) is 11.6. The van der Waals surface area contributed by atoms with E-state index in [2.05, 4.69) is 4.72 Å². The molecule has 0 amide bonds. The number of benzene rings is 2. The molecule has 0 saturated heterocycles. The van der Waals surface area contributed by atoms with E-state index in [4.69, 9.17) is 4.74 Å². The molecular weight excluding hydrogens is 370 g/mol. The van der Waals surface area contributed by atoms with Gasteiger partial charge in [-0.2, -0.15) is 0 Å². The van der Waals surface area contributed by atoms with Crippen molar-refractivity contribution in [3.63, 3.8) is 0 Å². The van der Waals surface area contributed by atoms with Crippen LogP contribution < -0.4 is 4.72 Å². The first kappa shape index (κ1) is 20.2. The van der Waals surface area contributed by atoms with E-state index in [9.17, 15) is 13.2 Å². The number of hydrogen-bond acceptors (Lipinski definition) is 5. The van der Waals surface area contributed by atoms with Crippen LogP contribution in [-0.4, -0.2) is 27.2 Å². The zero-order valence-electron chi connectivity index (χ0n) is 14.6. The van der Waals surface area contributed by atoms with Gasteiger partial charge in [0, 0.05) is 10.3 Å². The number of ether oxygens (including phenoxy) is 1. The van der Waals surface area contributed by atoms with Crippen LogP contribution in [0.25, 0.3) is 6.08 Å². The van der Waals surface area contributed by atoms with Crippen molar-refractivity contribution in [3.8, 4) is 0 Å². The van der Waals surface area contributed by atoms with E-state index in [1.165, 1.54) is 6.08 Å². The first-order chi connectivity index (χ1) is 12.4. The third kappa shape index (κ3) is 7.03. The Hall–Kier alpha value is -2.09. The lowest BCUT2D eigenvalue weighted by molar-refractivity contribution is -0.143. The molecule has 0 heterocycles. The van der Waals surface area contributed by atoms with Crippen LogP contribution in [0.5, 0.6) is 0 Å². The van der Waals surface area contributed by atoms with Crippen LogP contribution in [0.1, 0.15) is 16.7 Å². The Bertz CT molecular complexity index is 857. The zero-order valence-corrected chi connectivity index (χ0v) is 16.3. The molecule has 2 aromatic carbocycles. The number of nitrogens with one attached hydrogen (secondary N) is 1. The number of esters is 1. The molecule has 0 spiro atoms. The molecule has 0 fully saturated rings. The van der Waals surface area contributed by atoms with E-state index in [0.29, 0.717) is 0 Å². The predicted molar refractivity (Wildman–Crippen MR) is 105 cm³/mol. The van der Waals surface area contributed by atoms with Gasteiger partial charge in [0.1, 0.15) is 13.2 Å². The summed E-state index contributed by atoms with van der Waals surface area (Å²) in [5.74, 6) is -0.633. The first-order valence-corrected chi connectivity index (χ1v) is 10.7. The fourth-order valence-electron chi connectivity index (χ4n) is 1.99. The van der Waals surface area contributed by atoms with E-state index in [1.54, 1.807) is 11.8 Å². The van der Waals surface area contributed by atoms with Gasteiger partial charge < -0.3 is 4.74 Å². The maximum absolute atomic E-state index is 11.9. The summed E-state index contributed by atoms with van der Waals surface area (Å²) in [6.07, 6.45) is 3.45. The molecule has 0 bridgehead atoms. The molecule has 26 heavy (non-hydrogen) atoms. The van der Waals surface area contributed by atoms with Gasteiger partial charge in [-0.15, -0.1) is 11.8 Å². The lowest BCUT2D eigenvalue weighted by Gasteiger charge is -2.06. The van der Waals surface area contributed by atoms with Gasteiger partial charge in [0.05, 0.1) is 0 Å². The minimum absolute atomic E-state index is 0.106. The summed E-state index contributed by atoms with van der Waals surface area (Å²) in [6.45, 7) is 1.65. The van der Waals surface area contributed by atoms with E-state index < -0.39 is 22.5 Å². The van der Waals surface area contributed by atoms with E-state index in [0.717, 1.165) is 27.0 Å². The van der Waals surface area contributed by atoms with Crippen molar-refractivity contribution in [2.45, 2.75) is 18.4 Å². The fraction of sp³-hybridized carbons (Fsp3) is 0.211. The van der Waals surface area contributed by atoms with Crippen LogP contribution in [-0.2, 0) is 26.2 Å². The van der Waals surface area contributed by atoms with Crippen LogP contribution in [0.3, 0.4) is 0 Å².